The predicted octanol–water partition coefficient (Wildman–Crippen LogP) is 0.803. The molecule has 1 saturated heterocycles. The van der Waals surface area contributed by atoms with Crippen molar-refractivity contribution in [3.63, 3.8) is 0 Å². The fraction of sp³-hybridized carbons (Fsp3) is 0.643. The lowest BCUT2D eigenvalue weighted by Crippen LogP contribution is -2.29. The van der Waals surface area contributed by atoms with Gasteiger partial charge in [0.15, 0.2) is 5.69 Å². The molecule has 0 spiro atoms. The molecule has 6 nitrogen and oxygen atoms in total. The topological polar surface area (TPSA) is 73.3 Å². The molecule has 1 N–H and O–H groups in total. The average molecular weight is 277 g/mol. The first-order valence-corrected chi connectivity index (χ1v) is 7.06. The van der Waals surface area contributed by atoms with Crippen molar-refractivity contribution in [1.82, 2.24) is 15.3 Å². The quantitative estimate of drug-likeness (QED) is 0.806. The maximum Gasteiger partial charge on any atom is 0.357 e. The number of ether oxygens (including phenoxy) is 2. The molecule has 0 amide bonds. The van der Waals surface area contributed by atoms with Crippen LogP contribution in [0, 0.1) is 0 Å². The molecule has 0 aliphatic carbocycles. The minimum absolute atomic E-state index is 0.277. The van der Waals surface area contributed by atoms with Gasteiger partial charge in [-0.2, -0.15) is 0 Å². The summed E-state index contributed by atoms with van der Waals surface area (Å²) >= 11 is 0. The summed E-state index contributed by atoms with van der Waals surface area (Å²) in [5, 5.41) is 3.29. The molecule has 108 valence electrons. The molecule has 6 heteroatoms. The van der Waals surface area contributed by atoms with Gasteiger partial charge in [0, 0.05) is 31.2 Å². The van der Waals surface area contributed by atoms with Gasteiger partial charge in [0.25, 0.3) is 0 Å². The molecule has 0 saturated carbocycles. The van der Waals surface area contributed by atoms with E-state index >= 15 is 0 Å². The highest BCUT2D eigenvalue weighted by Crippen LogP contribution is 2.26. The van der Waals surface area contributed by atoms with Gasteiger partial charge in [-0.1, -0.05) is 0 Å². The highest BCUT2D eigenvalue weighted by Gasteiger charge is 2.26. The van der Waals surface area contributed by atoms with Crippen LogP contribution in [-0.2, 0) is 22.4 Å². The van der Waals surface area contributed by atoms with Gasteiger partial charge in [-0.3, -0.25) is 0 Å². The van der Waals surface area contributed by atoms with Crippen LogP contribution in [0.25, 0.3) is 0 Å². The largest absolute Gasteiger partial charge is 0.464 e. The van der Waals surface area contributed by atoms with Crippen LogP contribution >= 0.6 is 0 Å². The number of hydrogen-bond acceptors (Lipinski definition) is 6. The monoisotopic (exact) mass is 277 g/mol. The molecule has 1 aromatic heterocycles. The van der Waals surface area contributed by atoms with E-state index in [2.05, 4.69) is 15.3 Å². The van der Waals surface area contributed by atoms with Crippen LogP contribution in [-0.4, -0.2) is 42.8 Å². The third-order valence-corrected chi connectivity index (χ3v) is 3.92. The van der Waals surface area contributed by atoms with Crippen molar-refractivity contribution in [1.29, 1.82) is 0 Å². The second kappa shape index (κ2) is 5.85. The first-order chi connectivity index (χ1) is 9.79. The van der Waals surface area contributed by atoms with Gasteiger partial charge in [0.2, 0.25) is 0 Å². The number of aromatic nitrogens is 2. The van der Waals surface area contributed by atoms with E-state index in [0.29, 0.717) is 12.2 Å². The summed E-state index contributed by atoms with van der Waals surface area (Å²) in [6.07, 6.45) is 2.59. The number of carbonyl (C=O) groups is 1. The normalized spacial score (nSPS) is 19.4. The van der Waals surface area contributed by atoms with Crippen LogP contribution in [0.5, 0.6) is 0 Å². The Bertz CT molecular complexity index is 513. The number of hydrogen-bond donors (Lipinski definition) is 1. The van der Waals surface area contributed by atoms with Crippen LogP contribution in [0.1, 0.15) is 46.3 Å². The fourth-order valence-electron chi connectivity index (χ4n) is 2.78. The summed E-state index contributed by atoms with van der Waals surface area (Å²) < 4.78 is 10.2. The Morgan fingerprint density at radius 2 is 2.15 bits per heavy atom. The third kappa shape index (κ3) is 2.53. The maximum absolute atomic E-state index is 12.0. The molecular formula is C14H19N3O3. The summed E-state index contributed by atoms with van der Waals surface area (Å²) in [7, 11) is 1.39. The summed E-state index contributed by atoms with van der Waals surface area (Å²) in [5.74, 6) is 0.675. The maximum atomic E-state index is 12.0. The third-order valence-electron chi connectivity index (χ3n) is 3.92. The predicted molar refractivity (Wildman–Crippen MR) is 71.6 cm³/mol. The molecule has 2 aliphatic rings. The van der Waals surface area contributed by atoms with Crippen LogP contribution in [0.3, 0.4) is 0 Å². The highest BCUT2D eigenvalue weighted by molar-refractivity contribution is 5.89. The number of rotatable bonds is 2. The Labute approximate surface area is 117 Å². The summed E-state index contributed by atoms with van der Waals surface area (Å²) in [4.78, 5) is 21.2. The van der Waals surface area contributed by atoms with E-state index in [0.717, 1.165) is 56.1 Å². The molecule has 0 unspecified atom stereocenters. The minimum Gasteiger partial charge on any atom is -0.464 e. The summed E-state index contributed by atoms with van der Waals surface area (Å²) in [6.45, 7) is 3.00. The zero-order valence-corrected chi connectivity index (χ0v) is 11.6. The Hall–Kier alpha value is -1.53. The highest BCUT2D eigenvalue weighted by atomic mass is 16.5. The first-order valence-electron chi connectivity index (χ1n) is 7.06. The number of nitrogens with zero attached hydrogens (tertiary/aromatic N) is 2. The Balaban J connectivity index is 2.00. The molecule has 0 bridgehead atoms. The average Bonchev–Trinajstić information content (AvgIpc) is 2.54. The van der Waals surface area contributed by atoms with Crippen LogP contribution in [0.2, 0.25) is 0 Å². The van der Waals surface area contributed by atoms with Gasteiger partial charge < -0.3 is 14.8 Å². The fourth-order valence-corrected chi connectivity index (χ4v) is 2.78. The van der Waals surface area contributed by atoms with Crippen molar-refractivity contribution in [2.75, 3.05) is 26.9 Å². The lowest BCUT2D eigenvalue weighted by molar-refractivity contribution is 0.0590. The number of fused-ring (bicyclic) bond motifs is 1. The van der Waals surface area contributed by atoms with Gasteiger partial charge in [0.1, 0.15) is 5.82 Å². The summed E-state index contributed by atoms with van der Waals surface area (Å²) in [5.41, 5.74) is 2.32. The van der Waals surface area contributed by atoms with Crippen molar-refractivity contribution >= 4 is 5.97 Å². The smallest absolute Gasteiger partial charge is 0.357 e. The second-order valence-corrected chi connectivity index (χ2v) is 5.16. The Morgan fingerprint density at radius 3 is 2.90 bits per heavy atom. The van der Waals surface area contributed by atoms with Crippen molar-refractivity contribution in [3.8, 4) is 0 Å². The van der Waals surface area contributed by atoms with Gasteiger partial charge in [-0.25, -0.2) is 14.8 Å². The second-order valence-electron chi connectivity index (χ2n) is 5.16. The van der Waals surface area contributed by atoms with Gasteiger partial charge in [-0.15, -0.1) is 0 Å². The van der Waals surface area contributed by atoms with E-state index in [-0.39, 0.29) is 11.9 Å². The SMILES string of the molecule is COC(=O)c1nc(C2CCOCC2)nc2c1CCNC2. The van der Waals surface area contributed by atoms with E-state index in [1.165, 1.54) is 7.11 Å². The molecule has 3 rings (SSSR count). The summed E-state index contributed by atoms with van der Waals surface area (Å²) in [6, 6.07) is 0. The van der Waals surface area contributed by atoms with Crippen LogP contribution < -0.4 is 5.32 Å². The van der Waals surface area contributed by atoms with E-state index < -0.39 is 0 Å². The van der Waals surface area contributed by atoms with Crippen molar-refractivity contribution in [3.05, 3.63) is 22.8 Å². The van der Waals surface area contributed by atoms with E-state index in [1.807, 2.05) is 0 Å². The Kier molecular flexibility index (Phi) is 3.93. The van der Waals surface area contributed by atoms with E-state index in [1.54, 1.807) is 0 Å². The number of carbonyl (C=O) groups excluding carboxylic acids is 1. The number of nitrogens with one attached hydrogen (secondary N) is 1. The molecule has 2 aliphatic heterocycles. The zero-order valence-electron chi connectivity index (χ0n) is 11.6. The minimum atomic E-state index is -0.362. The lowest BCUT2D eigenvalue weighted by atomic mass is 9.97. The molecule has 0 aromatic carbocycles. The molecule has 0 atom stereocenters. The Morgan fingerprint density at radius 1 is 1.35 bits per heavy atom. The zero-order chi connectivity index (χ0) is 13.9. The van der Waals surface area contributed by atoms with Crippen molar-refractivity contribution < 1.29 is 14.3 Å². The van der Waals surface area contributed by atoms with Crippen molar-refractivity contribution in [2.45, 2.75) is 31.7 Å². The molecule has 20 heavy (non-hydrogen) atoms. The van der Waals surface area contributed by atoms with Crippen LogP contribution in [0.4, 0.5) is 0 Å². The molecule has 0 radical (unpaired) electrons. The number of methoxy groups -OCH3 is 1. The molecule has 1 aromatic rings. The van der Waals surface area contributed by atoms with Crippen molar-refractivity contribution in [2.24, 2.45) is 0 Å². The standard InChI is InChI=1S/C14H19N3O3/c1-19-14(18)12-10-2-5-15-8-11(10)16-13(17-12)9-3-6-20-7-4-9/h9,15H,2-8H2,1H3. The molecular weight excluding hydrogens is 258 g/mol. The van der Waals surface area contributed by atoms with Gasteiger partial charge in [0.05, 0.1) is 12.8 Å². The molecule has 1 fully saturated rings. The van der Waals surface area contributed by atoms with Crippen LogP contribution in [0.15, 0.2) is 0 Å². The lowest BCUT2D eigenvalue weighted by Gasteiger charge is -2.24. The van der Waals surface area contributed by atoms with Gasteiger partial charge >= 0.3 is 5.97 Å². The first kappa shape index (κ1) is 13.5. The van der Waals surface area contributed by atoms with E-state index in [4.69, 9.17) is 9.47 Å². The number of esters is 1. The molecule has 3 heterocycles. The van der Waals surface area contributed by atoms with Gasteiger partial charge in [-0.05, 0) is 25.8 Å². The van der Waals surface area contributed by atoms with E-state index in [9.17, 15) is 4.79 Å².